The highest BCUT2D eigenvalue weighted by Gasteiger charge is 2.19. The number of methoxy groups -OCH3 is 1. The van der Waals surface area contributed by atoms with Crippen molar-refractivity contribution >= 4 is 23.2 Å². The van der Waals surface area contributed by atoms with Gasteiger partial charge in [0.1, 0.15) is 12.3 Å². The predicted octanol–water partition coefficient (Wildman–Crippen LogP) is 3.10. The fourth-order valence-corrected chi connectivity index (χ4v) is 2.83. The number of rotatable bonds is 6. The van der Waals surface area contributed by atoms with Crippen LogP contribution in [-0.2, 0) is 11.3 Å². The normalized spacial score (nSPS) is 10.5. The second kappa shape index (κ2) is 8.55. The summed E-state index contributed by atoms with van der Waals surface area (Å²) in [5.74, 6) is -0.00599. The molecule has 2 N–H and O–H groups in total. The third-order valence-electron chi connectivity index (χ3n) is 4.70. The lowest BCUT2D eigenvalue weighted by molar-refractivity contribution is -0.117. The van der Waals surface area contributed by atoms with Gasteiger partial charge in [-0.2, -0.15) is 0 Å². The minimum absolute atomic E-state index is 0.0627. The summed E-state index contributed by atoms with van der Waals surface area (Å²) >= 11 is 0. The summed E-state index contributed by atoms with van der Waals surface area (Å²) in [6.07, 6.45) is 0. The third-order valence-corrected chi connectivity index (χ3v) is 4.70. The van der Waals surface area contributed by atoms with Crippen LogP contribution in [0.15, 0.2) is 42.5 Å². The van der Waals surface area contributed by atoms with Gasteiger partial charge in [-0.05, 0) is 50.1 Å². The highest BCUT2D eigenvalue weighted by atomic mass is 16.5. The van der Waals surface area contributed by atoms with Crippen LogP contribution in [0.3, 0.4) is 0 Å². The summed E-state index contributed by atoms with van der Waals surface area (Å²) in [4.78, 5) is 25.0. The highest BCUT2D eigenvalue weighted by Crippen LogP contribution is 2.19. The van der Waals surface area contributed by atoms with E-state index in [0.29, 0.717) is 17.1 Å². The van der Waals surface area contributed by atoms with E-state index in [9.17, 15) is 9.59 Å². The molecule has 0 atom stereocenters. The van der Waals surface area contributed by atoms with Crippen molar-refractivity contribution in [1.82, 2.24) is 15.0 Å². The third kappa shape index (κ3) is 4.60. The van der Waals surface area contributed by atoms with Crippen molar-refractivity contribution in [2.24, 2.45) is 0 Å². The van der Waals surface area contributed by atoms with E-state index >= 15 is 0 Å². The van der Waals surface area contributed by atoms with Crippen LogP contribution in [0.5, 0.6) is 5.75 Å². The minimum Gasteiger partial charge on any atom is -0.497 e. The Morgan fingerprint density at radius 3 is 2.59 bits per heavy atom. The molecule has 3 rings (SSSR count). The van der Waals surface area contributed by atoms with Gasteiger partial charge >= 0.3 is 0 Å². The number of aromatic nitrogens is 3. The Labute approximate surface area is 168 Å². The topological polar surface area (TPSA) is 98.1 Å². The number of carbonyl (C=O) groups is 2. The van der Waals surface area contributed by atoms with Gasteiger partial charge in [0.2, 0.25) is 5.91 Å². The fourth-order valence-electron chi connectivity index (χ4n) is 2.83. The lowest BCUT2D eigenvalue weighted by atomic mass is 10.1. The minimum atomic E-state index is -0.365. The molecule has 0 radical (unpaired) electrons. The monoisotopic (exact) mass is 393 g/mol. The van der Waals surface area contributed by atoms with Crippen LogP contribution in [0.4, 0.5) is 11.4 Å². The van der Waals surface area contributed by atoms with E-state index in [1.807, 2.05) is 32.0 Å². The first kappa shape index (κ1) is 20.1. The van der Waals surface area contributed by atoms with Gasteiger partial charge in [-0.25, -0.2) is 4.68 Å². The lowest BCUT2D eigenvalue weighted by Gasteiger charge is -2.10. The van der Waals surface area contributed by atoms with Crippen molar-refractivity contribution in [3.63, 3.8) is 0 Å². The van der Waals surface area contributed by atoms with Crippen LogP contribution >= 0.6 is 0 Å². The van der Waals surface area contributed by atoms with Gasteiger partial charge in [0.05, 0.1) is 12.8 Å². The average Bonchev–Trinajstić information content (AvgIpc) is 3.06. The molecule has 1 heterocycles. The van der Waals surface area contributed by atoms with Gasteiger partial charge in [0.25, 0.3) is 5.91 Å². The number of nitrogens with zero attached hydrogens (tertiary/aromatic N) is 3. The van der Waals surface area contributed by atoms with E-state index in [0.717, 1.165) is 16.8 Å². The summed E-state index contributed by atoms with van der Waals surface area (Å²) in [5, 5.41) is 13.5. The van der Waals surface area contributed by atoms with Crippen LogP contribution in [-0.4, -0.2) is 33.9 Å². The Hall–Kier alpha value is -3.68. The first-order chi connectivity index (χ1) is 13.9. The maximum Gasteiger partial charge on any atom is 0.278 e. The summed E-state index contributed by atoms with van der Waals surface area (Å²) in [6, 6.07) is 12.7. The summed E-state index contributed by atoms with van der Waals surface area (Å²) in [6.45, 7) is 5.56. The molecule has 3 aromatic rings. The molecule has 0 fully saturated rings. The number of aryl methyl sites for hydroxylation is 1. The molecular weight excluding hydrogens is 370 g/mol. The molecule has 0 aliphatic carbocycles. The first-order valence-corrected chi connectivity index (χ1v) is 9.10. The quantitative estimate of drug-likeness (QED) is 0.671. The van der Waals surface area contributed by atoms with Gasteiger partial charge in [0.15, 0.2) is 5.69 Å². The molecule has 0 aliphatic rings. The molecular formula is C21H23N5O3. The molecule has 8 nitrogen and oxygen atoms in total. The molecule has 0 unspecified atom stereocenters. The molecule has 0 saturated carbocycles. The van der Waals surface area contributed by atoms with Crippen molar-refractivity contribution < 1.29 is 14.3 Å². The largest absolute Gasteiger partial charge is 0.497 e. The van der Waals surface area contributed by atoms with E-state index in [1.54, 1.807) is 38.3 Å². The zero-order chi connectivity index (χ0) is 21.0. The van der Waals surface area contributed by atoms with Crippen molar-refractivity contribution in [3.8, 4) is 5.75 Å². The number of benzene rings is 2. The van der Waals surface area contributed by atoms with Crippen molar-refractivity contribution in [2.45, 2.75) is 27.3 Å². The van der Waals surface area contributed by atoms with Gasteiger partial charge in [0, 0.05) is 17.4 Å². The van der Waals surface area contributed by atoms with Gasteiger partial charge in [-0.1, -0.05) is 23.4 Å². The number of carbonyl (C=O) groups excluding carboxylic acids is 2. The molecule has 29 heavy (non-hydrogen) atoms. The van der Waals surface area contributed by atoms with E-state index < -0.39 is 0 Å². The Bertz CT molecular complexity index is 1060. The van der Waals surface area contributed by atoms with Crippen LogP contribution in [0.25, 0.3) is 0 Å². The Morgan fingerprint density at radius 1 is 1.07 bits per heavy atom. The summed E-state index contributed by atoms with van der Waals surface area (Å²) in [5.41, 5.74) is 4.09. The molecule has 2 amide bonds. The summed E-state index contributed by atoms with van der Waals surface area (Å²) < 4.78 is 6.54. The number of hydrogen-bond acceptors (Lipinski definition) is 5. The first-order valence-electron chi connectivity index (χ1n) is 9.10. The number of anilines is 2. The maximum atomic E-state index is 12.6. The number of nitrogens with one attached hydrogen (secondary N) is 2. The Kier molecular flexibility index (Phi) is 5.92. The van der Waals surface area contributed by atoms with Crippen LogP contribution in [0, 0.1) is 20.8 Å². The van der Waals surface area contributed by atoms with Crippen LogP contribution in [0.2, 0.25) is 0 Å². The molecule has 0 bridgehead atoms. The SMILES string of the molecule is COc1cccc(NC(=O)Cn2nnc(C(=O)Nc3cccc(C)c3C)c2C)c1. The second-order valence-corrected chi connectivity index (χ2v) is 6.66. The van der Waals surface area contributed by atoms with E-state index in [2.05, 4.69) is 20.9 Å². The average molecular weight is 393 g/mol. The second-order valence-electron chi connectivity index (χ2n) is 6.66. The zero-order valence-electron chi connectivity index (χ0n) is 16.8. The van der Waals surface area contributed by atoms with Crippen LogP contribution in [0.1, 0.15) is 27.3 Å². The Morgan fingerprint density at radius 2 is 1.83 bits per heavy atom. The predicted molar refractivity (Wildman–Crippen MR) is 110 cm³/mol. The maximum absolute atomic E-state index is 12.6. The number of ether oxygens (including phenoxy) is 1. The molecule has 0 saturated heterocycles. The van der Waals surface area contributed by atoms with Crippen molar-refractivity contribution in [3.05, 3.63) is 65.0 Å². The molecule has 1 aromatic heterocycles. The fraction of sp³-hybridized carbons (Fsp3) is 0.238. The van der Waals surface area contributed by atoms with E-state index in [4.69, 9.17) is 4.74 Å². The van der Waals surface area contributed by atoms with Crippen molar-refractivity contribution in [2.75, 3.05) is 17.7 Å². The highest BCUT2D eigenvalue weighted by molar-refractivity contribution is 6.04. The van der Waals surface area contributed by atoms with Crippen LogP contribution < -0.4 is 15.4 Å². The summed E-state index contributed by atoms with van der Waals surface area (Å²) in [7, 11) is 1.56. The zero-order valence-corrected chi connectivity index (χ0v) is 16.8. The lowest BCUT2D eigenvalue weighted by Crippen LogP contribution is -2.21. The molecule has 0 spiro atoms. The standard InChI is InChI=1S/C21H23N5O3/c1-13-7-5-10-18(14(13)2)23-21(28)20-15(3)26(25-24-20)12-19(27)22-16-8-6-9-17(11-16)29-4/h5-11H,12H2,1-4H3,(H,22,27)(H,23,28). The molecule has 150 valence electrons. The van der Waals surface area contributed by atoms with Crippen molar-refractivity contribution in [1.29, 1.82) is 0 Å². The number of amides is 2. The van der Waals surface area contributed by atoms with Gasteiger partial charge in [-0.3, -0.25) is 9.59 Å². The molecule has 0 aliphatic heterocycles. The van der Waals surface area contributed by atoms with E-state index in [-0.39, 0.29) is 24.1 Å². The van der Waals surface area contributed by atoms with E-state index in [1.165, 1.54) is 4.68 Å². The smallest absolute Gasteiger partial charge is 0.278 e. The number of hydrogen-bond donors (Lipinski definition) is 2. The van der Waals surface area contributed by atoms with Gasteiger partial charge in [-0.15, -0.1) is 5.10 Å². The molecule has 2 aromatic carbocycles. The molecule has 8 heteroatoms. The Balaban J connectivity index is 1.69. The van der Waals surface area contributed by atoms with Gasteiger partial charge < -0.3 is 15.4 Å².